The molecule has 0 radical (unpaired) electrons. The van der Waals surface area contributed by atoms with E-state index in [9.17, 15) is 17.6 Å². The summed E-state index contributed by atoms with van der Waals surface area (Å²) in [6.07, 6.45) is 3.88. The van der Waals surface area contributed by atoms with E-state index in [0.29, 0.717) is 31.6 Å². The zero-order valence-corrected chi connectivity index (χ0v) is 12.3. The molecule has 0 amide bonds. The lowest BCUT2D eigenvalue weighted by Crippen LogP contribution is -2.25. The van der Waals surface area contributed by atoms with Gasteiger partial charge in [0, 0.05) is 12.5 Å². The molecule has 0 unspecified atom stereocenters. The third-order valence-electron chi connectivity index (χ3n) is 4.66. The van der Waals surface area contributed by atoms with E-state index in [0.717, 1.165) is 6.61 Å². The molecule has 0 saturated heterocycles. The number of hydrogen-bond donors (Lipinski definition) is 0. The van der Waals surface area contributed by atoms with Gasteiger partial charge in [-0.1, -0.05) is 19.3 Å². The Morgan fingerprint density at radius 2 is 1.57 bits per heavy atom. The molecule has 0 aliphatic heterocycles. The van der Waals surface area contributed by atoms with Gasteiger partial charge in [0.2, 0.25) is 0 Å². The first kappa shape index (κ1) is 16.8. The second-order valence-electron chi connectivity index (χ2n) is 6.38. The van der Waals surface area contributed by atoms with Crippen molar-refractivity contribution in [2.24, 2.45) is 11.8 Å². The maximum Gasteiger partial charge on any atom is 0.412 e. The van der Waals surface area contributed by atoms with Crippen LogP contribution >= 0.6 is 0 Å². The van der Waals surface area contributed by atoms with E-state index < -0.39 is 17.9 Å². The Morgan fingerprint density at radius 1 is 0.952 bits per heavy atom. The summed E-state index contributed by atoms with van der Waals surface area (Å²) in [4.78, 5) is 0. The minimum absolute atomic E-state index is 0.0989. The maximum atomic E-state index is 13.5. The van der Waals surface area contributed by atoms with Crippen LogP contribution in [0.15, 0.2) is 11.9 Å². The van der Waals surface area contributed by atoms with Crippen LogP contribution < -0.4 is 0 Å². The standard InChI is InChI=1S/C16H24F4O/c17-15(10-16(18,19)20)13-6-8-14(9-7-13)21-11-12-4-2-1-3-5-12/h10,12-14H,1-9,11H2/b15-10-. The third kappa shape index (κ3) is 5.97. The number of halogens is 4. The summed E-state index contributed by atoms with van der Waals surface area (Å²) in [7, 11) is 0. The van der Waals surface area contributed by atoms with Crippen molar-refractivity contribution in [3.05, 3.63) is 11.9 Å². The van der Waals surface area contributed by atoms with E-state index in [1.807, 2.05) is 0 Å². The molecule has 2 aliphatic rings. The zero-order chi connectivity index (χ0) is 15.3. The van der Waals surface area contributed by atoms with Crippen LogP contribution in [0.2, 0.25) is 0 Å². The topological polar surface area (TPSA) is 9.23 Å². The summed E-state index contributed by atoms with van der Waals surface area (Å²) in [5, 5.41) is 0. The summed E-state index contributed by atoms with van der Waals surface area (Å²) >= 11 is 0. The van der Waals surface area contributed by atoms with E-state index in [2.05, 4.69) is 0 Å². The summed E-state index contributed by atoms with van der Waals surface area (Å²) in [6.45, 7) is 0.760. The van der Waals surface area contributed by atoms with Crippen LogP contribution in [-0.4, -0.2) is 18.9 Å². The van der Waals surface area contributed by atoms with Crippen LogP contribution in [0.5, 0.6) is 0 Å². The zero-order valence-electron chi connectivity index (χ0n) is 12.3. The number of allylic oxidation sites excluding steroid dienone is 2. The second-order valence-corrected chi connectivity index (χ2v) is 6.38. The van der Waals surface area contributed by atoms with Gasteiger partial charge >= 0.3 is 6.18 Å². The molecule has 0 aromatic rings. The summed E-state index contributed by atoms with van der Waals surface area (Å²) in [6, 6.07) is 0. The molecule has 122 valence electrons. The molecule has 2 saturated carbocycles. The molecule has 2 rings (SSSR count). The lowest BCUT2D eigenvalue weighted by atomic mass is 9.86. The van der Waals surface area contributed by atoms with Crippen molar-refractivity contribution in [3.63, 3.8) is 0 Å². The summed E-state index contributed by atoms with van der Waals surface area (Å²) < 4.78 is 55.7. The van der Waals surface area contributed by atoms with Gasteiger partial charge in [0.1, 0.15) is 5.83 Å². The molecule has 0 aromatic heterocycles. The lowest BCUT2D eigenvalue weighted by molar-refractivity contribution is -0.0823. The van der Waals surface area contributed by atoms with Gasteiger partial charge in [0.05, 0.1) is 12.2 Å². The van der Waals surface area contributed by atoms with Crippen molar-refractivity contribution in [2.45, 2.75) is 70.1 Å². The fraction of sp³-hybridized carbons (Fsp3) is 0.875. The van der Waals surface area contributed by atoms with Crippen molar-refractivity contribution >= 4 is 0 Å². The van der Waals surface area contributed by atoms with E-state index >= 15 is 0 Å². The molecule has 0 atom stereocenters. The third-order valence-corrected chi connectivity index (χ3v) is 4.66. The molecular weight excluding hydrogens is 284 g/mol. The van der Waals surface area contributed by atoms with Crippen LogP contribution in [-0.2, 0) is 4.74 Å². The van der Waals surface area contributed by atoms with Crippen LogP contribution in [0, 0.1) is 11.8 Å². The number of alkyl halides is 3. The molecule has 21 heavy (non-hydrogen) atoms. The summed E-state index contributed by atoms with van der Waals surface area (Å²) in [5.41, 5.74) is 0. The van der Waals surface area contributed by atoms with E-state index in [-0.39, 0.29) is 12.2 Å². The van der Waals surface area contributed by atoms with Crippen molar-refractivity contribution in [2.75, 3.05) is 6.61 Å². The molecule has 0 spiro atoms. The highest BCUT2D eigenvalue weighted by molar-refractivity contribution is 5.03. The fourth-order valence-electron chi connectivity index (χ4n) is 3.41. The molecule has 0 N–H and O–H groups in total. The Morgan fingerprint density at radius 3 is 2.14 bits per heavy atom. The van der Waals surface area contributed by atoms with Crippen LogP contribution in [0.4, 0.5) is 17.6 Å². The summed E-state index contributed by atoms with van der Waals surface area (Å²) in [5.74, 6) is -0.965. The molecule has 2 fully saturated rings. The number of hydrogen-bond acceptors (Lipinski definition) is 1. The average Bonchev–Trinajstić information content (AvgIpc) is 2.45. The Bertz CT molecular complexity index is 337. The van der Waals surface area contributed by atoms with Gasteiger partial charge in [-0.15, -0.1) is 0 Å². The first-order valence-corrected chi connectivity index (χ1v) is 8.00. The second kappa shape index (κ2) is 7.61. The van der Waals surface area contributed by atoms with Crippen molar-refractivity contribution in [1.29, 1.82) is 0 Å². The quantitative estimate of drug-likeness (QED) is 0.618. The van der Waals surface area contributed by atoms with Gasteiger partial charge < -0.3 is 4.74 Å². The molecule has 0 aromatic carbocycles. The Kier molecular flexibility index (Phi) is 6.08. The predicted molar refractivity (Wildman–Crippen MR) is 73.5 cm³/mol. The van der Waals surface area contributed by atoms with Crippen LogP contribution in [0.1, 0.15) is 57.8 Å². The van der Waals surface area contributed by atoms with Crippen molar-refractivity contribution in [3.8, 4) is 0 Å². The van der Waals surface area contributed by atoms with Crippen molar-refractivity contribution < 1.29 is 22.3 Å². The average molecular weight is 308 g/mol. The van der Waals surface area contributed by atoms with Gasteiger partial charge in [0.25, 0.3) is 0 Å². The van der Waals surface area contributed by atoms with E-state index in [1.54, 1.807) is 0 Å². The Hall–Kier alpha value is -0.580. The molecular formula is C16H24F4O. The lowest BCUT2D eigenvalue weighted by Gasteiger charge is -2.30. The Labute approximate surface area is 123 Å². The normalized spacial score (nSPS) is 29.6. The smallest absolute Gasteiger partial charge is 0.378 e. The molecule has 2 aliphatic carbocycles. The number of rotatable bonds is 4. The van der Waals surface area contributed by atoms with E-state index in [4.69, 9.17) is 4.74 Å². The predicted octanol–water partition coefficient (Wildman–Crippen LogP) is 5.56. The highest BCUT2D eigenvalue weighted by Gasteiger charge is 2.30. The molecule has 1 nitrogen and oxygen atoms in total. The highest BCUT2D eigenvalue weighted by Crippen LogP contribution is 2.34. The van der Waals surface area contributed by atoms with Gasteiger partial charge in [0.15, 0.2) is 0 Å². The minimum atomic E-state index is -4.56. The van der Waals surface area contributed by atoms with Crippen LogP contribution in [0.3, 0.4) is 0 Å². The Balaban J connectivity index is 1.69. The van der Waals surface area contributed by atoms with Gasteiger partial charge in [-0.2, -0.15) is 13.2 Å². The molecule has 0 bridgehead atoms. The highest BCUT2D eigenvalue weighted by atomic mass is 19.4. The van der Waals surface area contributed by atoms with Gasteiger partial charge in [-0.05, 0) is 44.4 Å². The van der Waals surface area contributed by atoms with Crippen LogP contribution in [0.25, 0.3) is 0 Å². The molecule has 5 heteroatoms. The van der Waals surface area contributed by atoms with Gasteiger partial charge in [-0.3, -0.25) is 0 Å². The fourth-order valence-corrected chi connectivity index (χ4v) is 3.41. The largest absolute Gasteiger partial charge is 0.412 e. The van der Waals surface area contributed by atoms with E-state index in [1.165, 1.54) is 32.1 Å². The van der Waals surface area contributed by atoms with Gasteiger partial charge in [-0.25, -0.2) is 4.39 Å². The van der Waals surface area contributed by atoms with Crippen molar-refractivity contribution in [1.82, 2.24) is 0 Å². The number of ether oxygens (including phenoxy) is 1. The first-order chi connectivity index (χ1) is 9.94. The minimum Gasteiger partial charge on any atom is -0.378 e. The monoisotopic (exact) mass is 308 g/mol. The molecule has 0 heterocycles. The first-order valence-electron chi connectivity index (χ1n) is 8.00. The SMILES string of the molecule is F/C(=C\C(F)(F)F)C1CCC(OCC2CCCCC2)CC1. The maximum absolute atomic E-state index is 13.5.